The summed E-state index contributed by atoms with van der Waals surface area (Å²) in [6.45, 7) is 0. The highest BCUT2D eigenvalue weighted by atomic mass is 79.9. The average molecular weight is 425 g/mol. The lowest BCUT2D eigenvalue weighted by atomic mass is 10.00. The molecule has 0 bridgehead atoms. The fraction of sp³-hybridized carbons (Fsp3) is 0.143. The zero-order chi connectivity index (χ0) is 15.6. The van der Waals surface area contributed by atoms with Crippen molar-refractivity contribution in [3.63, 3.8) is 0 Å². The molecule has 2 aromatic carbocycles. The van der Waals surface area contributed by atoms with Crippen LogP contribution in [0.5, 0.6) is 5.75 Å². The van der Waals surface area contributed by atoms with E-state index in [0.29, 0.717) is 5.56 Å². The molecule has 0 saturated carbocycles. The Morgan fingerprint density at radius 1 is 0.905 bits per heavy atom. The molecule has 2 aromatic rings. The van der Waals surface area contributed by atoms with Crippen LogP contribution in [0.4, 0.5) is 13.2 Å². The normalized spacial score (nSPS) is 13.0. The molecule has 112 valence electrons. The summed E-state index contributed by atoms with van der Waals surface area (Å²) in [4.78, 5) is 0. The molecule has 0 heterocycles. The number of rotatable bonds is 3. The molecule has 1 atom stereocenters. The minimum atomic E-state index is -4.70. The van der Waals surface area contributed by atoms with Crippen LogP contribution in [0.2, 0.25) is 0 Å². The number of halogens is 5. The van der Waals surface area contributed by atoms with Crippen LogP contribution in [0, 0.1) is 0 Å². The van der Waals surface area contributed by atoms with Gasteiger partial charge in [0, 0.05) is 8.95 Å². The summed E-state index contributed by atoms with van der Waals surface area (Å²) in [5.74, 6) is -0.270. The van der Waals surface area contributed by atoms with E-state index in [0.717, 1.165) is 14.5 Å². The third kappa shape index (κ3) is 4.72. The number of benzene rings is 2. The van der Waals surface area contributed by atoms with Gasteiger partial charge in [-0.1, -0.05) is 44.0 Å². The Labute approximate surface area is 136 Å². The van der Waals surface area contributed by atoms with Crippen molar-refractivity contribution in [2.24, 2.45) is 5.73 Å². The molecule has 0 spiro atoms. The topological polar surface area (TPSA) is 35.2 Å². The summed E-state index contributed by atoms with van der Waals surface area (Å²) in [5.41, 5.74) is 7.65. The van der Waals surface area contributed by atoms with Gasteiger partial charge in [0.15, 0.2) is 0 Å². The molecule has 21 heavy (non-hydrogen) atoms. The van der Waals surface area contributed by atoms with Gasteiger partial charge in [0.05, 0.1) is 6.04 Å². The Bertz CT molecular complexity index is 609. The van der Waals surface area contributed by atoms with E-state index >= 15 is 0 Å². The quantitative estimate of drug-likeness (QED) is 0.738. The molecule has 0 aliphatic heterocycles. The van der Waals surface area contributed by atoms with Gasteiger partial charge in [-0.25, -0.2) is 0 Å². The number of alkyl halides is 3. The second-order valence-corrected chi connectivity index (χ2v) is 6.13. The molecule has 0 unspecified atom stereocenters. The van der Waals surface area contributed by atoms with Crippen molar-refractivity contribution in [2.45, 2.75) is 12.4 Å². The summed E-state index contributed by atoms with van der Waals surface area (Å²) < 4.78 is 41.8. The van der Waals surface area contributed by atoms with E-state index in [-0.39, 0.29) is 5.75 Å². The van der Waals surface area contributed by atoms with E-state index in [1.165, 1.54) is 24.3 Å². The predicted molar refractivity (Wildman–Crippen MR) is 81.0 cm³/mol. The van der Waals surface area contributed by atoms with E-state index in [2.05, 4.69) is 36.6 Å². The maximum absolute atomic E-state index is 12.1. The van der Waals surface area contributed by atoms with Crippen LogP contribution >= 0.6 is 31.9 Å². The van der Waals surface area contributed by atoms with Gasteiger partial charge in [-0.15, -0.1) is 13.2 Å². The first-order valence-electron chi connectivity index (χ1n) is 5.82. The number of hydrogen-bond donors (Lipinski definition) is 1. The van der Waals surface area contributed by atoms with Crippen LogP contribution in [0.15, 0.2) is 51.4 Å². The highest BCUT2D eigenvalue weighted by Gasteiger charge is 2.31. The molecule has 0 radical (unpaired) electrons. The summed E-state index contributed by atoms with van der Waals surface area (Å²) >= 11 is 6.74. The molecule has 0 aliphatic carbocycles. The molecular formula is C14H10Br2F3NO. The van der Waals surface area contributed by atoms with Gasteiger partial charge in [-0.2, -0.15) is 0 Å². The molecule has 0 aliphatic rings. The Morgan fingerprint density at radius 3 is 1.90 bits per heavy atom. The van der Waals surface area contributed by atoms with Gasteiger partial charge in [0.1, 0.15) is 5.75 Å². The number of ether oxygens (including phenoxy) is 1. The van der Waals surface area contributed by atoms with Crippen LogP contribution in [-0.4, -0.2) is 6.36 Å². The average Bonchev–Trinajstić information content (AvgIpc) is 2.35. The molecule has 0 saturated heterocycles. The molecule has 2 N–H and O–H groups in total. The van der Waals surface area contributed by atoms with Crippen molar-refractivity contribution in [1.82, 2.24) is 0 Å². The SMILES string of the molecule is N[C@H](c1ccc(OC(F)(F)F)cc1)c1cc(Br)cc(Br)c1. The Morgan fingerprint density at radius 2 is 1.43 bits per heavy atom. The second kappa shape index (κ2) is 6.37. The predicted octanol–water partition coefficient (Wildman–Crippen LogP) is 5.16. The highest BCUT2D eigenvalue weighted by molar-refractivity contribution is 9.11. The van der Waals surface area contributed by atoms with Crippen molar-refractivity contribution in [2.75, 3.05) is 0 Å². The van der Waals surface area contributed by atoms with Crippen molar-refractivity contribution in [1.29, 1.82) is 0 Å². The zero-order valence-electron chi connectivity index (χ0n) is 10.5. The molecule has 0 aromatic heterocycles. The lowest BCUT2D eigenvalue weighted by molar-refractivity contribution is -0.274. The maximum Gasteiger partial charge on any atom is 0.573 e. The number of nitrogens with two attached hydrogens (primary N) is 1. The Hall–Kier alpha value is -1.05. The largest absolute Gasteiger partial charge is 0.573 e. The molecule has 0 fully saturated rings. The second-order valence-electron chi connectivity index (χ2n) is 4.30. The lowest BCUT2D eigenvalue weighted by Crippen LogP contribution is -2.17. The smallest absolute Gasteiger partial charge is 0.406 e. The van der Waals surface area contributed by atoms with Crippen LogP contribution in [-0.2, 0) is 0 Å². The van der Waals surface area contributed by atoms with E-state index in [9.17, 15) is 13.2 Å². The van der Waals surface area contributed by atoms with E-state index in [1.54, 1.807) is 0 Å². The van der Waals surface area contributed by atoms with Crippen LogP contribution < -0.4 is 10.5 Å². The monoisotopic (exact) mass is 423 g/mol. The summed E-state index contributed by atoms with van der Waals surface area (Å²) in [6.07, 6.45) is -4.70. The Balaban J connectivity index is 2.21. The van der Waals surface area contributed by atoms with Crippen LogP contribution in [0.1, 0.15) is 17.2 Å². The first kappa shape index (κ1) is 16.3. The van der Waals surface area contributed by atoms with Crippen molar-refractivity contribution >= 4 is 31.9 Å². The molecule has 0 amide bonds. The zero-order valence-corrected chi connectivity index (χ0v) is 13.7. The summed E-state index contributed by atoms with van der Waals surface area (Å²) in [5, 5.41) is 0. The minimum absolute atomic E-state index is 0.270. The molecule has 2 nitrogen and oxygen atoms in total. The number of hydrogen-bond acceptors (Lipinski definition) is 2. The molecule has 2 rings (SSSR count). The summed E-state index contributed by atoms with van der Waals surface area (Å²) in [7, 11) is 0. The third-order valence-electron chi connectivity index (χ3n) is 2.72. The first-order chi connectivity index (χ1) is 9.74. The molecule has 7 heteroatoms. The van der Waals surface area contributed by atoms with E-state index in [1.807, 2.05) is 18.2 Å². The van der Waals surface area contributed by atoms with Crippen molar-refractivity contribution < 1.29 is 17.9 Å². The van der Waals surface area contributed by atoms with Gasteiger partial charge in [0.2, 0.25) is 0 Å². The Kier molecular flexibility index (Phi) is 4.95. The third-order valence-corrected chi connectivity index (χ3v) is 3.63. The fourth-order valence-corrected chi connectivity index (χ4v) is 3.15. The maximum atomic E-state index is 12.1. The fourth-order valence-electron chi connectivity index (χ4n) is 1.82. The van der Waals surface area contributed by atoms with Gasteiger partial charge < -0.3 is 10.5 Å². The molecular weight excluding hydrogens is 415 g/mol. The standard InChI is InChI=1S/C14H10Br2F3NO/c15-10-5-9(6-11(16)7-10)13(20)8-1-3-12(4-2-8)21-14(17,18)19/h1-7,13H,20H2/t13-/m1/s1. The first-order valence-corrected chi connectivity index (χ1v) is 7.40. The van der Waals surface area contributed by atoms with Crippen LogP contribution in [0.25, 0.3) is 0 Å². The van der Waals surface area contributed by atoms with Gasteiger partial charge in [0.25, 0.3) is 0 Å². The van der Waals surface area contributed by atoms with Crippen LogP contribution in [0.3, 0.4) is 0 Å². The van der Waals surface area contributed by atoms with Crippen molar-refractivity contribution in [3.05, 3.63) is 62.5 Å². The van der Waals surface area contributed by atoms with Gasteiger partial charge in [-0.05, 0) is 41.5 Å². The summed E-state index contributed by atoms with van der Waals surface area (Å²) in [6, 6.07) is 10.7. The van der Waals surface area contributed by atoms with Gasteiger partial charge >= 0.3 is 6.36 Å². The van der Waals surface area contributed by atoms with Gasteiger partial charge in [-0.3, -0.25) is 0 Å². The highest BCUT2D eigenvalue weighted by Crippen LogP contribution is 2.29. The van der Waals surface area contributed by atoms with Crippen molar-refractivity contribution in [3.8, 4) is 5.75 Å². The van der Waals surface area contributed by atoms with E-state index < -0.39 is 12.4 Å². The van der Waals surface area contributed by atoms with E-state index in [4.69, 9.17) is 5.73 Å². The minimum Gasteiger partial charge on any atom is -0.406 e. The lowest BCUT2D eigenvalue weighted by Gasteiger charge is -2.15.